The molecule has 2 unspecified atom stereocenters. The summed E-state index contributed by atoms with van der Waals surface area (Å²) in [4.78, 5) is 2.22. The molecule has 2 nitrogen and oxygen atoms in total. The van der Waals surface area contributed by atoms with E-state index in [1.54, 1.807) is 6.07 Å². The first kappa shape index (κ1) is 10.1. The lowest BCUT2D eigenvalue weighted by molar-refractivity contribution is 0.377. The van der Waals surface area contributed by atoms with Gasteiger partial charge in [-0.25, -0.2) is 0 Å². The number of allylic oxidation sites excluding steroid dienone is 1. The standard InChI is InChI=1S/C13H17NO/c1-9-7-13(10(2)14(9)3)11-5-4-6-12(15)8-11/h4-6,8-9,13,15H,2,7H2,1,3H3. The fourth-order valence-corrected chi connectivity index (χ4v) is 2.23. The number of benzene rings is 1. The molecule has 2 rings (SSSR count). The number of hydrogen-bond donors (Lipinski definition) is 1. The molecule has 1 aromatic rings. The van der Waals surface area contributed by atoms with Gasteiger partial charge in [0.2, 0.25) is 0 Å². The molecule has 2 atom stereocenters. The molecule has 1 aliphatic rings. The Labute approximate surface area is 90.8 Å². The summed E-state index contributed by atoms with van der Waals surface area (Å²) in [6.45, 7) is 6.32. The zero-order valence-corrected chi connectivity index (χ0v) is 9.27. The van der Waals surface area contributed by atoms with Crippen LogP contribution in [0.25, 0.3) is 0 Å². The number of rotatable bonds is 1. The summed E-state index contributed by atoms with van der Waals surface area (Å²) in [6.07, 6.45) is 1.08. The van der Waals surface area contributed by atoms with Gasteiger partial charge in [-0.1, -0.05) is 18.7 Å². The van der Waals surface area contributed by atoms with Crippen molar-refractivity contribution >= 4 is 0 Å². The largest absolute Gasteiger partial charge is 0.508 e. The van der Waals surface area contributed by atoms with Crippen LogP contribution in [0, 0.1) is 0 Å². The lowest BCUT2D eigenvalue weighted by atomic mass is 9.94. The van der Waals surface area contributed by atoms with Crippen LogP contribution in [0.1, 0.15) is 24.8 Å². The van der Waals surface area contributed by atoms with Crippen molar-refractivity contribution in [3.8, 4) is 5.75 Å². The highest BCUT2D eigenvalue weighted by Gasteiger charge is 2.30. The van der Waals surface area contributed by atoms with E-state index in [2.05, 4.69) is 31.5 Å². The third-order valence-corrected chi connectivity index (χ3v) is 3.37. The fraction of sp³-hybridized carbons (Fsp3) is 0.385. The van der Waals surface area contributed by atoms with Crippen LogP contribution in [-0.4, -0.2) is 23.1 Å². The van der Waals surface area contributed by atoms with E-state index in [1.807, 2.05) is 12.1 Å². The number of aromatic hydroxyl groups is 1. The average Bonchev–Trinajstić information content (AvgIpc) is 2.46. The predicted molar refractivity (Wildman–Crippen MR) is 61.8 cm³/mol. The Morgan fingerprint density at radius 1 is 1.47 bits per heavy atom. The maximum atomic E-state index is 9.45. The van der Waals surface area contributed by atoms with Crippen molar-refractivity contribution in [2.24, 2.45) is 0 Å². The summed E-state index contributed by atoms with van der Waals surface area (Å²) in [5, 5.41) is 9.45. The van der Waals surface area contributed by atoms with E-state index in [0.29, 0.717) is 17.7 Å². The lowest BCUT2D eigenvalue weighted by Crippen LogP contribution is -2.19. The first-order valence-electron chi connectivity index (χ1n) is 5.30. The van der Waals surface area contributed by atoms with Crippen LogP contribution in [0.4, 0.5) is 0 Å². The summed E-state index contributed by atoms with van der Waals surface area (Å²) in [5.74, 6) is 0.694. The number of nitrogens with zero attached hydrogens (tertiary/aromatic N) is 1. The molecule has 0 amide bonds. The van der Waals surface area contributed by atoms with Crippen LogP contribution < -0.4 is 0 Å². The van der Waals surface area contributed by atoms with Gasteiger partial charge >= 0.3 is 0 Å². The van der Waals surface area contributed by atoms with Gasteiger partial charge in [-0.15, -0.1) is 0 Å². The van der Waals surface area contributed by atoms with E-state index >= 15 is 0 Å². The number of likely N-dealkylation sites (tertiary alicyclic amines) is 1. The second-order valence-corrected chi connectivity index (χ2v) is 4.33. The highest BCUT2D eigenvalue weighted by Crippen LogP contribution is 2.38. The molecule has 0 bridgehead atoms. The number of phenolic OH excluding ortho intramolecular Hbond substituents is 1. The molecule has 15 heavy (non-hydrogen) atoms. The Morgan fingerprint density at radius 3 is 2.73 bits per heavy atom. The van der Waals surface area contributed by atoms with Gasteiger partial charge in [-0.2, -0.15) is 0 Å². The van der Waals surface area contributed by atoms with Gasteiger partial charge < -0.3 is 10.0 Å². The smallest absolute Gasteiger partial charge is 0.115 e. The van der Waals surface area contributed by atoms with Gasteiger partial charge in [0.05, 0.1) is 0 Å². The van der Waals surface area contributed by atoms with Gasteiger partial charge in [-0.3, -0.25) is 0 Å². The molecule has 1 aliphatic heterocycles. The zero-order valence-electron chi connectivity index (χ0n) is 9.27. The molecule has 1 heterocycles. The third-order valence-electron chi connectivity index (χ3n) is 3.37. The maximum Gasteiger partial charge on any atom is 0.115 e. The maximum absolute atomic E-state index is 9.45. The molecule has 0 saturated carbocycles. The lowest BCUT2D eigenvalue weighted by Gasteiger charge is -2.19. The zero-order chi connectivity index (χ0) is 11.0. The van der Waals surface area contributed by atoms with Crippen molar-refractivity contribution in [2.75, 3.05) is 7.05 Å². The molecule has 0 radical (unpaired) electrons. The average molecular weight is 203 g/mol. The highest BCUT2D eigenvalue weighted by atomic mass is 16.3. The van der Waals surface area contributed by atoms with Crippen molar-refractivity contribution in [2.45, 2.75) is 25.3 Å². The summed E-state index contributed by atoms with van der Waals surface area (Å²) >= 11 is 0. The molecular formula is C13H17NO. The van der Waals surface area contributed by atoms with E-state index in [4.69, 9.17) is 0 Å². The Kier molecular flexibility index (Phi) is 2.43. The first-order valence-corrected chi connectivity index (χ1v) is 5.30. The van der Waals surface area contributed by atoms with E-state index in [9.17, 15) is 5.11 Å². The first-order chi connectivity index (χ1) is 7.09. The monoisotopic (exact) mass is 203 g/mol. The summed E-state index contributed by atoms with van der Waals surface area (Å²) < 4.78 is 0. The molecule has 1 saturated heterocycles. The summed E-state index contributed by atoms with van der Waals surface area (Å²) in [7, 11) is 2.08. The second kappa shape index (κ2) is 3.61. The summed E-state index contributed by atoms with van der Waals surface area (Å²) in [5.41, 5.74) is 2.31. The normalized spacial score (nSPS) is 26.0. The summed E-state index contributed by atoms with van der Waals surface area (Å²) in [6, 6.07) is 8.02. The van der Waals surface area contributed by atoms with Crippen LogP contribution in [0.3, 0.4) is 0 Å². The quantitative estimate of drug-likeness (QED) is 0.758. The van der Waals surface area contributed by atoms with Crippen molar-refractivity contribution in [3.05, 3.63) is 42.1 Å². The van der Waals surface area contributed by atoms with E-state index in [1.165, 1.54) is 0 Å². The van der Waals surface area contributed by atoms with Gasteiger partial charge in [0.25, 0.3) is 0 Å². The molecule has 1 aromatic carbocycles. The van der Waals surface area contributed by atoms with E-state index < -0.39 is 0 Å². The van der Waals surface area contributed by atoms with E-state index in [-0.39, 0.29) is 0 Å². The van der Waals surface area contributed by atoms with Crippen molar-refractivity contribution in [1.29, 1.82) is 0 Å². The topological polar surface area (TPSA) is 23.5 Å². The van der Waals surface area contributed by atoms with Crippen molar-refractivity contribution in [3.63, 3.8) is 0 Å². The van der Waals surface area contributed by atoms with Gasteiger partial charge in [0.15, 0.2) is 0 Å². The van der Waals surface area contributed by atoms with Crippen LogP contribution in [-0.2, 0) is 0 Å². The Bertz CT molecular complexity index is 386. The second-order valence-electron chi connectivity index (χ2n) is 4.33. The van der Waals surface area contributed by atoms with Gasteiger partial charge in [-0.05, 0) is 31.0 Å². The molecular weight excluding hydrogens is 186 g/mol. The van der Waals surface area contributed by atoms with Crippen LogP contribution in [0.15, 0.2) is 36.5 Å². The molecule has 1 N–H and O–H groups in total. The number of hydrogen-bond acceptors (Lipinski definition) is 2. The Morgan fingerprint density at radius 2 is 2.20 bits per heavy atom. The minimum absolute atomic E-state index is 0.336. The Balaban J connectivity index is 2.29. The molecule has 0 aliphatic carbocycles. The van der Waals surface area contributed by atoms with Gasteiger partial charge in [0.1, 0.15) is 5.75 Å². The minimum Gasteiger partial charge on any atom is -0.508 e. The highest BCUT2D eigenvalue weighted by molar-refractivity contribution is 5.35. The minimum atomic E-state index is 0.336. The van der Waals surface area contributed by atoms with Gasteiger partial charge in [0, 0.05) is 24.7 Å². The fourth-order valence-electron chi connectivity index (χ4n) is 2.23. The molecule has 80 valence electrons. The molecule has 0 aromatic heterocycles. The Hall–Kier alpha value is -1.44. The molecule has 0 spiro atoms. The molecule has 1 fully saturated rings. The molecule has 2 heteroatoms. The van der Waals surface area contributed by atoms with Crippen LogP contribution >= 0.6 is 0 Å². The van der Waals surface area contributed by atoms with Crippen molar-refractivity contribution < 1.29 is 5.11 Å². The predicted octanol–water partition coefficient (Wildman–Crippen LogP) is 2.71. The SMILES string of the molecule is C=C1C(c2cccc(O)c2)CC(C)N1C. The third kappa shape index (κ3) is 1.72. The number of phenols is 1. The van der Waals surface area contributed by atoms with Crippen LogP contribution in [0.2, 0.25) is 0 Å². The van der Waals surface area contributed by atoms with Crippen LogP contribution in [0.5, 0.6) is 5.75 Å². The van der Waals surface area contributed by atoms with E-state index in [0.717, 1.165) is 17.7 Å². The van der Waals surface area contributed by atoms with Crippen molar-refractivity contribution in [1.82, 2.24) is 4.90 Å². The number of likely N-dealkylation sites (N-methyl/N-ethyl adjacent to an activating group) is 1.